The van der Waals surface area contributed by atoms with Crippen LogP contribution in [-0.4, -0.2) is 4.98 Å². The van der Waals surface area contributed by atoms with Crippen molar-refractivity contribution in [3.05, 3.63) is 64.1 Å². The molecule has 1 heterocycles. The number of rotatable bonds is 1. The fraction of sp³-hybridized carbons (Fsp3) is 0. The van der Waals surface area contributed by atoms with Crippen LogP contribution in [0.1, 0.15) is 0 Å². The Bertz CT molecular complexity index is 710. The zero-order valence-corrected chi connectivity index (χ0v) is 11.7. The Kier molecular flexibility index (Phi) is 3.06. The lowest BCUT2D eigenvalue weighted by molar-refractivity contribution is 1.39. The molecule has 1 aromatic heterocycles. The zero-order chi connectivity index (χ0) is 12.5. The molecule has 3 aromatic rings. The van der Waals surface area contributed by atoms with E-state index in [1.165, 1.54) is 0 Å². The summed E-state index contributed by atoms with van der Waals surface area (Å²) in [5.74, 6) is 0. The highest BCUT2D eigenvalue weighted by molar-refractivity contribution is 9.10. The summed E-state index contributed by atoms with van der Waals surface area (Å²) in [5.41, 5.74) is 2.86. The molecule has 0 aliphatic rings. The molecular formula is C15H9BrClN. The Morgan fingerprint density at radius 2 is 1.72 bits per heavy atom. The topological polar surface area (TPSA) is 12.9 Å². The van der Waals surface area contributed by atoms with E-state index in [0.717, 1.165) is 31.7 Å². The second kappa shape index (κ2) is 4.71. The highest BCUT2D eigenvalue weighted by Gasteiger charge is 2.06. The number of fused-ring (bicyclic) bond motifs is 1. The van der Waals surface area contributed by atoms with Gasteiger partial charge in [0.15, 0.2) is 0 Å². The van der Waals surface area contributed by atoms with Crippen molar-refractivity contribution in [3.63, 3.8) is 0 Å². The molecule has 0 unspecified atom stereocenters. The minimum absolute atomic E-state index is 0.728. The summed E-state index contributed by atoms with van der Waals surface area (Å²) in [6.45, 7) is 0. The van der Waals surface area contributed by atoms with Crippen LogP contribution in [0.3, 0.4) is 0 Å². The maximum absolute atomic E-state index is 6.31. The van der Waals surface area contributed by atoms with E-state index in [9.17, 15) is 0 Å². The Morgan fingerprint density at radius 1 is 0.944 bits per heavy atom. The number of benzene rings is 2. The van der Waals surface area contributed by atoms with Crippen molar-refractivity contribution < 1.29 is 0 Å². The van der Waals surface area contributed by atoms with Gasteiger partial charge in [0.2, 0.25) is 0 Å². The average molecular weight is 319 g/mol. The lowest BCUT2D eigenvalue weighted by Gasteiger charge is -2.06. The smallest absolute Gasteiger partial charge is 0.0735 e. The molecule has 1 nitrogen and oxygen atoms in total. The average Bonchev–Trinajstić information content (AvgIpc) is 2.39. The standard InChI is InChI=1S/C15H9BrClN/c16-11-6-7-12-13(17)9-14(18-15(12)8-11)10-4-2-1-3-5-10/h1-9H. The molecule has 0 saturated heterocycles. The first-order chi connectivity index (χ1) is 8.74. The number of aromatic nitrogens is 1. The van der Waals surface area contributed by atoms with Crippen LogP contribution in [0.5, 0.6) is 0 Å². The molecule has 0 aliphatic carbocycles. The summed E-state index contributed by atoms with van der Waals surface area (Å²) in [6.07, 6.45) is 0. The van der Waals surface area contributed by atoms with Gasteiger partial charge in [-0.05, 0) is 18.2 Å². The molecule has 88 valence electrons. The van der Waals surface area contributed by atoms with Crippen LogP contribution in [0.4, 0.5) is 0 Å². The first-order valence-corrected chi connectivity index (χ1v) is 6.72. The fourth-order valence-corrected chi connectivity index (χ4v) is 2.53. The maximum atomic E-state index is 6.31. The van der Waals surface area contributed by atoms with Gasteiger partial charge in [0.25, 0.3) is 0 Å². The monoisotopic (exact) mass is 317 g/mol. The lowest BCUT2D eigenvalue weighted by Crippen LogP contribution is -1.86. The molecule has 0 spiro atoms. The summed E-state index contributed by atoms with van der Waals surface area (Å²) in [4.78, 5) is 4.65. The number of pyridine rings is 1. The van der Waals surface area contributed by atoms with Gasteiger partial charge in [-0.25, -0.2) is 4.98 Å². The van der Waals surface area contributed by atoms with Crippen molar-refractivity contribution in [2.45, 2.75) is 0 Å². The molecule has 0 radical (unpaired) electrons. The summed E-state index contributed by atoms with van der Waals surface area (Å²) in [6, 6.07) is 17.9. The molecule has 0 fully saturated rings. The minimum Gasteiger partial charge on any atom is -0.248 e. The van der Waals surface area contributed by atoms with Gasteiger partial charge in [0, 0.05) is 15.4 Å². The van der Waals surface area contributed by atoms with Gasteiger partial charge in [-0.2, -0.15) is 0 Å². The van der Waals surface area contributed by atoms with Crippen LogP contribution in [0.2, 0.25) is 5.02 Å². The quantitative estimate of drug-likeness (QED) is 0.592. The van der Waals surface area contributed by atoms with Gasteiger partial charge in [-0.1, -0.05) is 63.9 Å². The van der Waals surface area contributed by atoms with E-state index in [1.54, 1.807) is 0 Å². The third-order valence-corrected chi connectivity index (χ3v) is 3.60. The normalized spacial score (nSPS) is 10.8. The molecule has 2 aromatic carbocycles. The predicted molar refractivity (Wildman–Crippen MR) is 79.9 cm³/mol. The van der Waals surface area contributed by atoms with Crippen molar-refractivity contribution in [3.8, 4) is 11.3 Å². The third-order valence-electron chi connectivity index (χ3n) is 2.79. The fourth-order valence-electron chi connectivity index (χ4n) is 1.92. The van der Waals surface area contributed by atoms with Crippen LogP contribution >= 0.6 is 27.5 Å². The summed E-state index contributed by atoms with van der Waals surface area (Å²) in [5, 5.41) is 1.70. The van der Waals surface area contributed by atoms with E-state index in [-0.39, 0.29) is 0 Å². The molecule has 3 rings (SSSR count). The molecule has 0 amide bonds. The number of hydrogen-bond donors (Lipinski definition) is 0. The van der Waals surface area contributed by atoms with Crippen molar-refractivity contribution in [2.24, 2.45) is 0 Å². The predicted octanol–water partition coefficient (Wildman–Crippen LogP) is 5.32. The number of hydrogen-bond acceptors (Lipinski definition) is 1. The minimum atomic E-state index is 0.728. The van der Waals surface area contributed by atoms with Gasteiger partial charge in [0.1, 0.15) is 0 Å². The molecular weight excluding hydrogens is 310 g/mol. The highest BCUT2D eigenvalue weighted by Crippen LogP contribution is 2.29. The highest BCUT2D eigenvalue weighted by atomic mass is 79.9. The first kappa shape index (κ1) is 11.7. The largest absolute Gasteiger partial charge is 0.248 e. The summed E-state index contributed by atoms with van der Waals surface area (Å²) >= 11 is 9.76. The van der Waals surface area contributed by atoms with E-state index in [1.807, 2.05) is 54.6 Å². The van der Waals surface area contributed by atoms with Crippen LogP contribution in [-0.2, 0) is 0 Å². The van der Waals surface area contributed by atoms with Crippen molar-refractivity contribution >= 4 is 38.4 Å². The van der Waals surface area contributed by atoms with E-state index >= 15 is 0 Å². The van der Waals surface area contributed by atoms with E-state index in [4.69, 9.17) is 11.6 Å². The Balaban J connectivity index is 2.27. The summed E-state index contributed by atoms with van der Waals surface area (Å²) in [7, 11) is 0. The molecule has 18 heavy (non-hydrogen) atoms. The number of halogens is 2. The Labute approximate surface area is 119 Å². The molecule has 0 aliphatic heterocycles. The van der Waals surface area contributed by atoms with Gasteiger partial charge in [0.05, 0.1) is 16.2 Å². The molecule has 0 atom stereocenters. The molecule has 0 N–H and O–H groups in total. The SMILES string of the molecule is Clc1cc(-c2ccccc2)nc2cc(Br)ccc12. The Hall–Kier alpha value is -1.38. The van der Waals surface area contributed by atoms with Crippen LogP contribution in [0.25, 0.3) is 22.2 Å². The van der Waals surface area contributed by atoms with Crippen molar-refractivity contribution in [1.29, 1.82) is 0 Å². The molecule has 0 saturated carbocycles. The lowest BCUT2D eigenvalue weighted by atomic mass is 10.1. The second-order valence-corrected chi connectivity index (χ2v) is 5.34. The maximum Gasteiger partial charge on any atom is 0.0735 e. The first-order valence-electron chi connectivity index (χ1n) is 5.55. The van der Waals surface area contributed by atoms with Gasteiger partial charge >= 0.3 is 0 Å². The van der Waals surface area contributed by atoms with Gasteiger partial charge < -0.3 is 0 Å². The van der Waals surface area contributed by atoms with E-state index in [0.29, 0.717) is 0 Å². The summed E-state index contributed by atoms with van der Waals surface area (Å²) < 4.78 is 1.00. The van der Waals surface area contributed by atoms with E-state index < -0.39 is 0 Å². The third kappa shape index (κ3) is 2.14. The van der Waals surface area contributed by atoms with Gasteiger partial charge in [-0.15, -0.1) is 0 Å². The van der Waals surface area contributed by atoms with Crippen molar-refractivity contribution in [2.75, 3.05) is 0 Å². The molecule has 3 heteroatoms. The van der Waals surface area contributed by atoms with E-state index in [2.05, 4.69) is 20.9 Å². The van der Waals surface area contributed by atoms with Crippen molar-refractivity contribution in [1.82, 2.24) is 4.98 Å². The van der Waals surface area contributed by atoms with Crippen LogP contribution in [0, 0.1) is 0 Å². The van der Waals surface area contributed by atoms with Crippen LogP contribution in [0.15, 0.2) is 59.1 Å². The van der Waals surface area contributed by atoms with Crippen LogP contribution < -0.4 is 0 Å². The molecule has 0 bridgehead atoms. The Morgan fingerprint density at radius 3 is 2.50 bits per heavy atom. The number of nitrogens with zero attached hydrogens (tertiary/aromatic N) is 1. The second-order valence-electron chi connectivity index (χ2n) is 4.02. The van der Waals surface area contributed by atoms with Gasteiger partial charge in [-0.3, -0.25) is 0 Å². The zero-order valence-electron chi connectivity index (χ0n) is 9.40.